The van der Waals surface area contributed by atoms with Crippen LogP contribution in [0, 0.1) is 5.92 Å². The van der Waals surface area contributed by atoms with Crippen LogP contribution in [0.3, 0.4) is 0 Å². The Hall–Kier alpha value is -0.560. The Kier molecular flexibility index (Phi) is 8.65. The highest BCUT2D eigenvalue weighted by atomic mass is 16.2. The lowest BCUT2D eigenvalue weighted by Gasteiger charge is -2.09. The second-order valence-electron chi connectivity index (χ2n) is 4.03. The predicted octanol–water partition coefficient (Wildman–Crippen LogP) is 3.70. The normalized spacial score (nSPS) is 13.4. The van der Waals surface area contributed by atoms with Gasteiger partial charge in [0.25, 0.3) is 0 Å². The molecule has 0 aliphatic heterocycles. The molecule has 1 N–H and O–H groups in total. The minimum absolute atomic E-state index is 0.116. The minimum Gasteiger partial charge on any atom is -0.392 e. The van der Waals surface area contributed by atoms with Gasteiger partial charge >= 0.3 is 0 Å². The Morgan fingerprint density at radius 1 is 1.43 bits per heavy atom. The molecule has 0 fully saturated rings. The maximum atomic E-state index is 8.57. The lowest BCUT2D eigenvalue weighted by Crippen LogP contribution is -1.93. The summed E-state index contributed by atoms with van der Waals surface area (Å²) in [4.78, 5) is 0. The zero-order valence-electron chi connectivity index (χ0n) is 9.63. The van der Waals surface area contributed by atoms with Crippen molar-refractivity contribution in [3.63, 3.8) is 0 Å². The summed E-state index contributed by atoms with van der Waals surface area (Å²) in [7, 11) is 0. The summed E-state index contributed by atoms with van der Waals surface area (Å²) in [5, 5.41) is 8.57. The maximum absolute atomic E-state index is 8.57. The summed E-state index contributed by atoms with van der Waals surface area (Å²) in [5.74, 6) is 0.842. The predicted molar refractivity (Wildman–Crippen MR) is 63.3 cm³/mol. The molecule has 0 aromatic rings. The number of aliphatic hydroxyl groups excluding tert-OH is 1. The lowest BCUT2D eigenvalue weighted by molar-refractivity contribution is 0.342. The fourth-order valence-corrected chi connectivity index (χ4v) is 1.62. The van der Waals surface area contributed by atoms with E-state index in [1.165, 1.54) is 25.7 Å². The van der Waals surface area contributed by atoms with Gasteiger partial charge in [0.2, 0.25) is 0 Å². The molecule has 0 saturated heterocycles. The third-order valence-electron chi connectivity index (χ3n) is 2.44. The molecule has 1 atom stereocenters. The highest BCUT2D eigenvalue weighted by Crippen LogP contribution is 2.16. The second kappa shape index (κ2) is 9.01. The van der Waals surface area contributed by atoms with E-state index in [2.05, 4.69) is 20.4 Å². The van der Waals surface area contributed by atoms with Gasteiger partial charge in [-0.2, -0.15) is 0 Å². The highest BCUT2D eigenvalue weighted by molar-refractivity contribution is 5.13. The van der Waals surface area contributed by atoms with Gasteiger partial charge in [-0.3, -0.25) is 0 Å². The van der Waals surface area contributed by atoms with Gasteiger partial charge in [0.05, 0.1) is 6.61 Å². The standard InChI is InChI=1S/C13H24O/c1-4-7-12(2)8-5-9-13(3)10-6-11-14/h6,10,12,14H,3-5,7-9,11H2,1-2H3/b10-6-. The SMILES string of the molecule is C=C(/C=C\CO)CCCC(C)CCC. The monoisotopic (exact) mass is 196 g/mol. The molecule has 0 aromatic carbocycles. The Morgan fingerprint density at radius 3 is 2.71 bits per heavy atom. The van der Waals surface area contributed by atoms with E-state index >= 15 is 0 Å². The largest absolute Gasteiger partial charge is 0.392 e. The van der Waals surface area contributed by atoms with Crippen LogP contribution in [0.15, 0.2) is 24.3 Å². The zero-order valence-corrected chi connectivity index (χ0v) is 9.63. The van der Waals surface area contributed by atoms with Gasteiger partial charge in [-0.1, -0.05) is 57.4 Å². The first-order valence-corrected chi connectivity index (χ1v) is 5.65. The van der Waals surface area contributed by atoms with Crippen LogP contribution in [0.5, 0.6) is 0 Å². The zero-order chi connectivity index (χ0) is 10.8. The van der Waals surface area contributed by atoms with E-state index in [9.17, 15) is 0 Å². The average molecular weight is 196 g/mol. The van der Waals surface area contributed by atoms with Gasteiger partial charge in [0.15, 0.2) is 0 Å². The van der Waals surface area contributed by atoms with E-state index < -0.39 is 0 Å². The number of hydrogen-bond acceptors (Lipinski definition) is 1. The van der Waals surface area contributed by atoms with Crippen molar-refractivity contribution in [2.24, 2.45) is 5.92 Å². The van der Waals surface area contributed by atoms with Gasteiger partial charge in [-0.25, -0.2) is 0 Å². The third kappa shape index (κ3) is 8.06. The summed E-state index contributed by atoms with van der Waals surface area (Å²) in [6.45, 7) is 8.60. The molecule has 82 valence electrons. The Bertz CT molecular complexity index is 170. The molecule has 0 amide bonds. The van der Waals surface area contributed by atoms with Crippen molar-refractivity contribution in [1.82, 2.24) is 0 Å². The molecule has 0 aliphatic carbocycles. The molecule has 0 aromatic heterocycles. The van der Waals surface area contributed by atoms with E-state index in [1.807, 2.05) is 6.08 Å². The van der Waals surface area contributed by atoms with Gasteiger partial charge in [-0.05, 0) is 18.8 Å². The molecule has 0 bridgehead atoms. The first kappa shape index (κ1) is 13.4. The van der Waals surface area contributed by atoms with Crippen LogP contribution in [0.2, 0.25) is 0 Å². The molecule has 1 nitrogen and oxygen atoms in total. The summed E-state index contributed by atoms with van der Waals surface area (Å²) >= 11 is 0. The van der Waals surface area contributed by atoms with Crippen LogP contribution in [-0.2, 0) is 0 Å². The molecule has 14 heavy (non-hydrogen) atoms. The first-order valence-electron chi connectivity index (χ1n) is 5.65. The van der Waals surface area contributed by atoms with Crippen molar-refractivity contribution >= 4 is 0 Å². The summed E-state index contributed by atoms with van der Waals surface area (Å²) in [6.07, 6.45) is 9.86. The molecule has 1 unspecified atom stereocenters. The Morgan fingerprint density at radius 2 is 2.14 bits per heavy atom. The molecule has 0 saturated carbocycles. The molecule has 0 aliphatic rings. The van der Waals surface area contributed by atoms with E-state index in [-0.39, 0.29) is 6.61 Å². The maximum Gasteiger partial charge on any atom is 0.0615 e. The number of hydrogen-bond donors (Lipinski definition) is 1. The third-order valence-corrected chi connectivity index (χ3v) is 2.44. The highest BCUT2D eigenvalue weighted by Gasteiger charge is 2.00. The van der Waals surface area contributed by atoms with Crippen LogP contribution in [-0.4, -0.2) is 11.7 Å². The molecule has 0 spiro atoms. The Balaban J connectivity index is 3.44. The molecule has 1 heteroatoms. The van der Waals surface area contributed by atoms with Crippen LogP contribution in [0.1, 0.15) is 46.0 Å². The van der Waals surface area contributed by atoms with Crippen molar-refractivity contribution in [2.75, 3.05) is 6.61 Å². The van der Waals surface area contributed by atoms with E-state index in [0.717, 1.165) is 17.9 Å². The van der Waals surface area contributed by atoms with Crippen molar-refractivity contribution < 1.29 is 5.11 Å². The molecule has 0 radical (unpaired) electrons. The fraction of sp³-hybridized carbons (Fsp3) is 0.692. The van der Waals surface area contributed by atoms with E-state index in [0.29, 0.717) is 0 Å². The average Bonchev–Trinajstić information content (AvgIpc) is 2.15. The van der Waals surface area contributed by atoms with Crippen LogP contribution < -0.4 is 0 Å². The van der Waals surface area contributed by atoms with Crippen molar-refractivity contribution in [2.45, 2.75) is 46.0 Å². The van der Waals surface area contributed by atoms with Gasteiger partial charge < -0.3 is 5.11 Å². The number of aliphatic hydroxyl groups is 1. The van der Waals surface area contributed by atoms with Crippen LogP contribution >= 0.6 is 0 Å². The molecular weight excluding hydrogens is 172 g/mol. The number of rotatable bonds is 8. The van der Waals surface area contributed by atoms with Crippen LogP contribution in [0.4, 0.5) is 0 Å². The fourth-order valence-electron chi connectivity index (χ4n) is 1.62. The summed E-state index contributed by atoms with van der Waals surface area (Å²) in [5.41, 5.74) is 1.13. The number of allylic oxidation sites excluding steroid dienone is 2. The summed E-state index contributed by atoms with van der Waals surface area (Å²) < 4.78 is 0. The van der Waals surface area contributed by atoms with E-state index in [1.54, 1.807) is 6.08 Å². The van der Waals surface area contributed by atoms with Gasteiger partial charge in [0.1, 0.15) is 0 Å². The van der Waals surface area contributed by atoms with Crippen LogP contribution in [0.25, 0.3) is 0 Å². The quantitative estimate of drug-likeness (QED) is 0.587. The van der Waals surface area contributed by atoms with Crippen molar-refractivity contribution in [3.05, 3.63) is 24.3 Å². The lowest BCUT2D eigenvalue weighted by atomic mass is 9.98. The van der Waals surface area contributed by atoms with E-state index in [4.69, 9.17) is 5.11 Å². The van der Waals surface area contributed by atoms with Crippen molar-refractivity contribution in [1.29, 1.82) is 0 Å². The molecular formula is C13H24O. The molecule has 0 rings (SSSR count). The smallest absolute Gasteiger partial charge is 0.0615 e. The summed E-state index contributed by atoms with van der Waals surface area (Å²) in [6, 6.07) is 0. The van der Waals surface area contributed by atoms with Crippen molar-refractivity contribution in [3.8, 4) is 0 Å². The second-order valence-corrected chi connectivity index (χ2v) is 4.03. The molecule has 0 heterocycles. The van der Waals surface area contributed by atoms with Gasteiger partial charge in [0, 0.05) is 0 Å². The van der Waals surface area contributed by atoms with Gasteiger partial charge in [-0.15, -0.1) is 0 Å². The first-order chi connectivity index (χ1) is 6.70. The topological polar surface area (TPSA) is 20.2 Å². The minimum atomic E-state index is 0.116. The Labute approximate surface area is 88.5 Å².